The summed E-state index contributed by atoms with van der Waals surface area (Å²) in [6.45, 7) is 2.76. The summed E-state index contributed by atoms with van der Waals surface area (Å²) >= 11 is 0. The number of carbonyl (C=O) groups excluding carboxylic acids is 1. The van der Waals surface area contributed by atoms with Gasteiger partial charge in [0.1, 0.15) is 12.6 Å². The Labute approximate surface area is 143 Å². The highest BCUT2D eigenvalue weighted by Gasteiger charge is 2.30. The number of rotatable bonds is 5. The Morgan fingerprint density at radius 2 is 1.96 bits per heavy atom. The standard InChI is InChI=1S/C19H25N3O2/c20-12-17-14-22(19(23)15-24-18-8-4-5-9-18)11-10-21(17)13-16-6-2-1-3-7-16/h1-3,6-7,17-18H,4-5,8-11,13-15H2/t17-/m0/s1. The molecule has 1 aliphatic heterocycles. The van der Waals surface area contributed by atoms with Gasteiger partial charge in [0.05, 0.1) is 12.2 Å². The van der Waals surface area contributed by atoms with Crippen molar-refractivity contribution in [1.29, 1.82) is 5.26 Å². The summed E-state index contributed by atoms with van der Waals surface area (Å²) < 4.78 is 5.72. The SMILES string of the molecule is N#C[C@H]1CN(C(=O)COC2CCCC2)CCN1Cc1ccccc1. The maximum Gasteiger partial charge on any atom is 0.248 e. The Balaban J connectivity index is 1.50. The Hall–Kier alpha value is -1.90. The summed E-state index contributed by atoms with van der Waals surface area (Å²) in [7, 11) is 0. The molecule has 24 heavy (non-hydrogen) atoms. The van der Waals surface area contributed by atoms with Crippen LogP contribution in [0.25, 0.3) is 0 Å². The van der Waals surface area contributed by atoms with E-state index in [0.29, 0.717) is 13.1 Å². The normalized spacial score (nSPS) is 22.5. The summed E-state index contributed by atoms with van der Waals surface area (Å²) in [6, 6.07) is 12.2. The Morgan fingerprint density at radius 1 is 1.21 bits per heavy atom. The molecule has 2 aliphatic rings. The fourth-order valence-electron chi connectivity index (χ4n) is 3.51. The predicted molar refractivity (Wildman–Crippen MR) is 91.0 cm³/mol. The van der Waals surface area contributed by atoms with Crippen molar-refractivity contribution < 1.29 is 9.53 Å². The lowest BCUT2D eigenvalue weighted by molar-refractivity contribution is -0.140. The minimum absolute atomic E-state index is 0.0153. The average molecular weight is 327 g/mol. The first-order chi connectivity index (χ1) is 11.8. The molecule has 1 aromatic rings. The molecule has 0 bridgehead atoms. The molecular formula is C19H25N3O2. The van der Waals surface area contributed by atoms with Crippen molar-refractivity contribution in [3.05, 3.63) is 35.9 Å². The van der Waals surface area contributed by atoms with Crippen LogP contribution in [0.2, 0.25) is 0 Å². The summed E-state index contributed by atoms with van der Waals surface area (Å²) in [5, 5.41) is 9.48. The van der Waals surface area contributed by atoms with Crippen LogP contribution in [0.1, 0.15) is 31.2 Å². The lowest BCUT2D eigenvalue weighted by Gasteiger charge is -2.38. The van der Waals surface area contributed by atoms with E-state index in [4.69, 9.17) is 4.74 Å². The Morgan fingerprint density at radius 3 is 2.67 bits per heavy atom. The molecular weight excluding hydrogens is 302 g/mol. The van der Waals surface area contributed by atoms with Crippen molar-refractivity contribution in [2.75, 3.05) is 26.2 Å². The number of amides is 1. The summed E-state index contributed by atoms with van der Waals surface area (Å²) in [5.74, 6) is 0.0153. The van der Waals surface area contributed by atoms with Crippen LogP contribution in [0.3, 0.4) is 0 Å². The number of carbonyl (C=O) groups is 1. The van der Waals surface area contributed by atoms with E-state index < -0.39 is 0 Å². The zero-order valence-corrected chi connectivity index (χ0v) is 14.1. The van der Waals surface area contributed by atoms with E-state index in [2.05, 4.69) is 23.1 Å². The molecule has 1 aliphatic carbocycles. The lowest BCUT2D eigenvalue weighted by atomic mass is 10.1. The van der Waals surface area contributed by atoms with Crippen molar-refractivity contribution >= 4 is 5.91 Å². The molecule has 1 atom stereocenters. The highest BCUT2D eigenvalue weighted by Crippen LogP contribution is 2.21. The number of piperazine rings is 1. The first-order valence-corrected chi connectivity index (χ1v) is 8.83. The molecule has 1 amide bonds. The largest absolute Gasteiger partial charge is 0.368 e. The molecule has 0 radical (unpaired) electrons. The molecule has 1 saturated heterocycles. The third-order valence-corrected chi connectivity index (χ3v) is 4.97. The minimum Gasteiger partial charge on any atom is -0.368 e. The maximum absolute atomic E-state index is 12.4. The third-order valence-electron chi connectivity index (χ3n) is 4.97. The van der Waals surface area contributed by atoms with Gasteiger partial charge in [-0.05, 0) is 18.4 Å². The van der Waals surface area contributed by atoms with Crippen molar-refractivity contribution in [3.63, 3.8) is 0 Å². The number of ether oxygens (including phenoxy) is 1. The number of nitrogens with zero attached hydrogens (tertiary/aromatic N) is 3. The molecule has 0 spiro atoms. The quantitative estimate of drug-likeness (QED) is 0.832. The van der Waals surface area contributed by atoms with Gasteiger partial charge < -0.3 is 9.64 Å². The molecule has 5 nitrogen and oxygen atoms in total. The van der Waals surface area contributed by atoms with Gasteiger partial charge in [0.2, 0.25) is 5.91 Å². The second-order valence-corrected chi connectivity index (χ2v) is 6.66. The van der Waals surface area contributed by atoms with E-state index in [1.165, 1.54) is 18.4 Å². The smallest absolute Gasteiger partial charge is 0.248 e. The molecule has 0 N–H and O–H groups in total. The molecule has 1 saturated carbocycles. The van der Waals surface area contributed by atoms with Crippen molar-refractivity contribution in [1.82, 2.24) is 9.80 Å². The van der Waals surface area contributed by atoms with Gasteiger partial charge >= 0.3 is 0 Å². The van der Waals surface area contributed by atoms with Crippen molar-refractivity contribution in [2.24, 2.45) is 0 Å². The molecule has 128 valence electrons. The summed E-state index contributed by atoms with van der Waals surface area (Å²) in [6.07, 6.45) is 4.79. The minimum atomic E-state index is -0.255. The molecule has 3 rings (SSSR count). The third kappa shape index (κ3) is 4.34. The van der Waals surface area contributed by atoms with Gasteiger partial charge in [0.15, 0.2) is 0 Å². The van der Waals surface area contributed by atoms with E-state index in [0.717, 1.165) is 25.9 Å². The predicted octanol–water partition coefficient (Wildman–Crippen LogP) is 2.18. The molecule has 0 unspecified atom stereocenters. The van der Waals surface area contributed by atoms with Crippen molar-refractivity contribution in [2.45, 2.75) is 44.4 Å². The zero-order chi connectivity index (χ0) is 16.8. The zero-order valence-electron chi connectivity index (χ0n) is 14.1. The number of nitriles is 1. The van der Waals surface area contributed by atoms with Gasteiger partial charge in [0, 0.05) is 26.2 Å². The summed E-state index contributed by atoms with van der Waals surface area (Å²) in [5.41, 5.74) is 1.20. The van der Waals surface area contributed by atoms with Gasteiger partial charge in [-0.1, -0.05) is 43.2 Å². The summed E-state index contributed by atoms with van der Waals surface area (Å²) in [4.78, 5) is 16.3. The van der Waals surface area contributed by atoms with Gasteiger partial charge in [-0.25, -0.2) is 0 Å². The van der Waals surface area contributed by atoms with E-state index in [-0.39, 0.29) is 24.7 Å². The molecule has 2 fully saturated rings. The molecule has 0 aromatic heterocycles. The van der Waals surface area contributed by atoms with Gasteiger partial charge in [-0.2, -0.15) is 5.26 Å². The second kappa shape index (κ2) is 8.27. The highest BCUT2D eigenvalue weighted by molar-refractivity contribution is 5.77. The van der Waals surface area contributed by atoms with E-state index >= 15 is 0 Å². The van der Waals surface area contributed by atoms with Crippen LogP contribution in [-0.2, 0) is 16.1 Å². The van der Waals surface area contributed by atoms with Gasteiger partial charge in [0.25, 0.3) is 0 Å². The van der Waals surface area contributed by atoms with Crippen LogP contribution in [0, 0.1) is 11.3 Å². The molecule has 1 aromatic carbocycles. The highest BCUT2D eigenvalue weighted by atomic mass is 16.5. The fourth-order valence-corrected chi connectivity index (χ4v) is 3.51. The maximum atomic E-state index is 12.4. The fraction of sp³-hybridized carbons (Fsp3) is 0.579. The topological polar surface area (TPSA) is 56.6 Å². The van der Waals surface area contributed by atoms with Gasteiger partial charge in [-0.15, -0.1) is 0 Å². The average Bonchev–Trinajstić information content (AvgIpc) is 3.14. The van der Waals surface area contributed by atoms with Crippen LogP contribution in [0.4, 0.5) is 0 Å². The first kappa shape index (κ1) is 16.9. The second-order valence-electron chi connectivity index (χ2n) is 6.66. The monoisotopic (exact) mass is 327 g/mol. The lowest BCUT2D eigenvalue weighted by Crippen LogP contribution is -2.54. The number of hydrogen-bond acceptors (Lipinski definition) is 4. The Kier molecular flexibility index (Phi) is 5.84. The van der Waals surface area contributed by atoms with Crippen LogP contribution in [-0.4, -0.2) is 54.1 Å². The number of hydrogen-bond donors (Lipinski definition) is 0. The first-order valence-electron chi connectivity index (χ1n) is 8.83. The van der Waals surface area contributed by atoms with Crippen LogP contribution < -0.4 is 0 Å². The molecule has 5 heteroatoms. The van der Waals surface area contributed by atoms with E-state index in [1.54, 1.807) is 4.90 Å². The van der Waals surface area contributed by atoms with Crippen LogP contribution in [0.5, 0.6) is 0 Å². The number of benzene rings is 1. The van der Waals surface area contributed by atoms with E-state index in [9.17, 15) is 10.1 Å². The van der Waals surface area contributed by atoms with Crippen molar-refractivity contribution in [3.8, 4) is 6.07 Å². The van der Waals surface area contributed by atoms with Crippen LogP contribution >= 0.6 is 0 Å². The van der Waals surface area contributed by atoms with Crippen LogP contribution in [0.15, 0.2) is 30.3 Å². The van der Waals surface area contributed by atoms with Gasteiger partial charge in [-0.3, -0.25) is 9.69 Å². The molecule has 1 heterocycles. The Bertz CT molecular complexity index is 578. The van der Waals surface area contributed by atoms with E-state index in [1.807, 2.05) is 18.2 Å².